The molecule has 4 aliphatic rings. The average Bonchev–Trinajstić information content (AvgIpc) is 4.36. The number of likely N-dealkylation sites (N-methyl/N-ethyl adjacent to an activating group) is 2. The maximum Gasteiger partial charge on any atom is 0.315 e. The van der Waals surface area contributed by atoms with Gasteiger partial charge in [0.05, 0.1) is 36.7 Å². The number of aromatic nitrogens is 12. The number of aliphatic hydroxyl groups excluding tert-OH is 4. The van der Waals surface area contributed by atoms with Crippen molar-refractivity contribution in [3.8, 4) is 0 Å². The summed E-state index contributed by atoms with van der Waals surface area (Å²) >= 11 is 0. The van der Waals surface area contributed by atoms with Gasteiger partial charge in [0.15, 0.2) is 58.6 Å². The molecule has 29 nitrogen and oxygen atoms in total. The fraction of sp³-hybridized carbons (Fsp3) is 0.612. The molecule has 78 heavy (non-hydrogen) atoms. The predicted octanol–water partition coefficient (Wildman–Crippen LogP) is -0.302. The number of imidazole rings is 4. The summed E-state index contributed by atoms with van der Waals surface area (Å²) in [6, 6.07) is -0.347. The van der Waals surface area contributed by atoms with Crippen LogP contribution in [0.15, 0.2) is 37.7 Å². The lowest BCUT2D eigenvalue weighted by molar-refractivity contribution is -0.138. The van der Waals surface area contributed by atoms with E-state index in [1.54, 1.807) is 26.5 Å². The maximum atomic E-state index is 13.5. The highest BCUT2D eigenvalue weighted by atomic mass is 16.6. The van der Waals surface area contributed by atoms with Crippen molar-refractivity contribution in [2.75, 3.05) is 47.4 Å². The number of hydrogen-bond donors (Lipinski definition) is 12. The zero-order valence-electron chi connectivity index (χ0n) is 44.0. The van der Waals surface area contributed by atoms with E-state index in [-0.39, 0.29) is 30.2 Å². The molecule has 12 N–H and O–H groups in total. The molecule has 0 aromatic carbocycles. The lowest BCUT2D eigenvalue weighted by Gasteiger charge is -2.32. The van der Waals surface area contributed by atoms with E-state index in [1.807, 2.05) is 35.6 Å². The summed E-state index contributed by atoms with van der Waals surface area (Å²) in [6.07, 6.45) is 6.53. The minimum atomic E-state index is -1.47. The second-order valence-corrected chi connectivity index (χ2v) is 20.5. The molecule has 0 spiro atoms. The number of urea groups is 1. The highest BCUT2D eigenvalue weighted by Gasteiger charge is 2.49. The number of anilines is 4. The predicted molar refractivity (Wildman–Crippen MR) is 282 cm³/mol. The molecule has 6 aromatic heterocycles. The maximum absolute atomic E-state index is 13.5. The van der Waals surface area contributed by atoms with Crippen LogP contribution in [0.25, 0.3) is 22.3 Å². The van der Waals surface area contributed by atoms with Crippen LogP contribution in [0.2, 0.25) is 0 Å². The van der Waals surface area contributed by atoms with E-state index in [9.17, 15) is 34.8 Å². The van der Waals surface area contributed by atoms with E-state index in [0.717, 1.165) is 37.1 Å². The lowest BCUT2D eigenvalue weighted by atomic mass is 9.90. The van der Waals surface area contributed by atoms with Gasteiger partial charge < -0.3 is 81.6 Å². The molecule has 6 aromatic rings. The molecule has 10 rings (SSSR count). The largest absolute Gasteiger partial charge is 0.387 e. The fourth-order valence-electron chi connectivity index (χ4n) is 10.7. The smallest absolute Gasteiger partial charge is 0.315 e. The first kappa shape index (κ1) is 54.1. The summed E-state index contributed by atoms with van der Waals surface area (Å²) < 4.78 is 18.6. The molecule has 2 aliphatic heterocycles. The Morgan fingerprint density at radius 3 is 1.32 bits per heavy atom. The number of amides is 4. The van der Waals surface area contributed by atoms with Crippen LogP contribution in [0.4, 0.5) is 28.3 Å². The molecule has 420 valence electrons. The van der Waals surface area contributed by atoms with Gasteiger partial charge in [0, 0.05) is 89.7 Å². The summed E-state index contributed by atoms with van der Waals surface area (Å²) in [7, 11) is 3.81. The first-order chi connectivity index (χ1) is 37.7. The Morgan fingerprint density at radius 1 is 0.551 bits per heavy atom. The standard InChI is InChI=1S/C49H70N20O9/c1-5-50-43(74)37-33(70)35(72)45(77-37)68-23-56-31-39(62-47(64-41(31)68)52-17-15-29-19-66(3)21-54-29)58-25-7-11-27(12-8-25)60-49(76)61-28-13-9-26(10-14-28)59-40-32-42(65-48(63-40)53-18-16-30-20-67(4)22-55-30)69(24-57-32)46-36(73)34(71)38(78-46)44(75)51-6-2/h19-28,33-38,45-46,70-73H,5-18H2,1-4H3,(H,50,74)(H,51,75)(H2,60,61,76)(H2,52,58,62,64)(H2,53,59,63,65)/t25?,26?,27?,28?,33-,34-,35+,36+,37-,38-,45+,46+/m0/s1. The van der Waals surface area contributed by atoms with Crippen molar-refractivity contribution in [3.05, 3.63) is 49.1 Å². The Kier molecular flexibility index (Phi) is 16.5. The van der Waals surface area contributed by atoms with Gasteiger partial charge in [0.1, 0.15) is 24.4 Å². The van der Waals surface area contributed by atoms with Crippen LogP contribution in [0.1, 0.15) is 89.1 Å². The number of fused-ring (bicyclic) bond motifs is 2. The minimum absolute atomic E-state index is 0.0132. The van der Waals surface area contributed by atoms with Crippen LogP contribution in [0.5, 0.6) is 0 Å². The Balaban J connectivity index is 0.743. The van der Waals surface area contributed by atoms with E-state index in [4.69, 9.17) is 29.4 Å². The molecule has 0 unspecified atom stereocenters. The molecule has 0 bridgehead atoms. The van der Waals surface area contributed by atoms with Crippen LogP contribution in [0.3, 0.4) is 0 Å². The quantitative estimate of drug-likeness (QED) is 0.0467. The second kappa shape index (κ2) is 23.7. The van der Waals surface area contributed by atoms with E-state index in [1.165, 1.54) is 21.8 Å². The Bertz CT molecular complexity index is 2840. The Labute approximate surface area is 448 Å². The highest BCUT2D eigenvalue weighted by Crippen LogP contribution is 2.36. The number of aliphatic hydroxyl groups is 4. The summed E-state index contributed by atoms with van der Waals surface area (Å²) in [6.45, 7) is 5.11. The third kappa shape index (κ3) is 11.9. The van der Waals surface area contributed by atoms with Gasteiger partial charge in [-0.15, -0.1) is 0 Å². The van der Waals surface area contributed by atoms with Gasteiger partial charge in [-0.2, -0.15) is 19.9 Å². The number of nitrogens with zero attached hydrogens (tertiary/aromatic N) is 12. The third-order valence-corrected chi connectivity index (χ3v) is 14.7. The van der Waals surface area contributed by atoms with Crippen molar-refractivity contribution in [2.45, 2.75) is 151 Å². The Morgan fingerprint density at radius 2 is 0.949 bits per heavy atom. The van der Waals surface area contributed by atoms with Gasteiger partial charge in [0.2, 0.25) is 11.9 Å². The zero-order valence-corrected chi connectivity index (χ0v) is 44.0. The van der Waals surface area contributed by atoms with E-state index in [2.05, 4.69) is 62.5 Å². The Hall–Kier alpha value is -7.31. The van der Waals surface area contributed by atoms with E-state index >= 15 is 0 Å². The van der Waals surface area contributed by atoms with Gasteiger partial charge in [-0.1, -0.05) is 0 Å². The molecular formula is C49H70N20O9. The molecule has 2 saturated carbocycles. The van der Waals surface area contributed by atoms with Crippen molar-refractivity contribution >= 4 is 63.7 Å². The second-order valence-electron chi connectivity index (χ2n) is 20.5. The molecule has 2 aliphatic carbocycles. The van der Waals surface area contributed by atoms with Crippen LogP contribution in [0, 0.1) is 0 Å². The molecule has 8 heterocycles. The number of nitrogens with one attached hydrogen (secondary N) is 8. The summed E-state index contributed by atoms with van der Waals surface area (Å²) in [5.41, 5.74) is 3.28. The van der Waals surface area contributed by atoms with Gasteiger partial charge in [-0.25, -0.2) is 24.7 Å². The summed E-state index contributed by atoms with van der Waals surface area (Å²) in [5, 5.41) is 69.1. The van der Waals surface area contributed by atoms with Crippen LogP contribution in [-0.4, -0.2) is 183 Å². The third-order valence-electron chi connectivity index (χ3n) is 14.7. The zero-order chi connectivity index (χ0) is 54.6. The number of rotatable bonds is 20. The number of ether oxygens (including phenoxy) is 2. The normalized spacial score (nSPS) is 27.2. The number of hydrogen-bond acceptors (Lipinski definition) is 21. The van der Waals surface area contributed by atoms with Crippen molar-refractivity contribution in [3.63, 3.8) is 0 Å². The molecule has 4 amide bonds. The average molecular weight is 1080 g/mol. The lowest BCUT2D eigenvalue weighted by Crippen LogP contribution is -2.49. The first-order valence-electron chi connectivity index (χ1n) is 26.8. The summed E-state index contributed by atoms with van der Waals surface area (Å²) in [5.74, 6) is 0.457. The highest BCUT2D eigenvalue weighted by molar-refractivity contribution is 5.86. The topological polar surface area (TPSA) is 370 Å². The summed E-state index contributed by atoms with van der Waals surface area (Å²) in [4.78, 5) is 76.0. The van der Waals surface area contributed by atoms with E-state index < -0.39 is 60.9 Å². The minimum Gasteiger partial charge on any atom is -0.387 e. The SMILES string of the molecule is CCNC(=O)[C@H]1O[C@@H](n2cnc3c(NC4CCC(NC(=O)NC5CCC(Nc6nc(NCCc7cn(C)cn7)nc7c6ncn7[C@@H]6O[C@H](C(=O)NCC)[C@@H](O)[C@H]6O)CC5)CC4)nc(NCCc4cn(C)cn4)nc32)[C@H](O)[C@@H]1O. The molecule has 0 radical (unpaired) electrons. The van der Waals surface area contributed by atoms with E-state index in [0.29, 0.717) is 111 Å². The molecule has 2 saturated heterocycles. The molecular weight excluding hydrogens is 1010 g/mol. The van der Waals surface area contributed by atoms with Gasteiger partial charge >= 0.3 is 6.03 Å². The molecule has 4 fully saturated rings. The molecule has 29 heteroatoms. The van der Waals surface area contributed by atoms with Crippen molar-refractivity contribution in [1.82, 2.24) is 79.4 Å². The number of aryl methyl sites for hydroxylation is 2. The monoisotopic (exact) mass is 1080 g/mol. The van der Waals surface area contributed by atoms with Crippen LogP contribution >= 0.6 is 0 Å². The van der Waals surface area contributed by atoms with Gasteiger partial charge in [-0.05, 0) is 65.2 Å². The van der Waals surface area contributed by atoms with Crippen molar-refractivity contribution in [2.24, 2.45) is 14.1 Å². The fourth-order valence-corrected chi connectivity index (χ4v) is 10.7. The van der Waals surface area contributed by atoms with Crippen LogP contribution < -0.4 is 42.5 Å². The van der Waals surface area contributed by atoms with Crippen molar-refractivity contribution in [1.29, 1.82) is 0 Å². The van der Waals surface area contributed by atoms with Gasteiger partial charge in [0.25, 0.3) is 11.8 Å². The first-order valence-corrected chi connectivity index (χ1v) is 26.8. The van der Waals surface area contributed by atoms with Crippen LogP contribution in [-0.2, 0) is 46.0 Å². The van der Waals surface area contributed by atoms with Crippen molar-refractivity contribution < 1.29 is 44.3 Å². The van der Waals surface area contributed by atoms with Gasteiger partial charge in [-0.3, -0.25) is 18.7 Å². The number of carbonyl (C=O) groups excluding carboxylic acids is 3. The number of carbonyl (C=O) groups is 3. The molecule has 8 atom stereocenters.